The maximum atomic E-state index is 13.7. The fourth-order valence-electron chi connectivity index (χ4n) is 3.47. The fourth-order valence-corrected chi connectivity index (χ4v) is 3.47. The lowest BCUT2D eigenvalue weighted by Crippen LogP contribution is -2.26. The summed E-state index contributed by atoms with van der Waals surface area (Å²) in [6.45, 7) is 2.18. The first-order valence-corrected chi connectivity index (χ1v) is 8.24. The fraction of sp³-hybridized carbons (Fsp3) is 0.421. The molecule has 2 nitrogen and oxygen atoms in total. The van der Waals surface area contributed by atoms with Gasteiger partial charge in [-0.15, -0.1) is 0 Å². The molecule has 1 fully saturated rings. The lowest BCUT2D eigenvalue weighted by molar-refractivity contribution is -0.135. The number of fused-ring (bicyclic) bond motifs is 1. The van der Waals surface area contributed by atoms with Crippen molar-refractivity contribution < 1.29 is 18.0 Å². The van der Waals surface area contributed by atoms with Crippen molar-refractivity contribution in [2.24, 2.45) is 5.92 Å². The molecule has 1 aliphatic carbocycles. The number of hydrogen-bond acceptors (Lipinski definition) is 2. The summed E-state index contributed by atoms with van der Waals surface area (Å²) in [5.41, 5.74) is -0.137. The van der Waals surface area contributed by atoms with Crippen molar-refractivity contribution in [1.29, 1.82) is 0 Å². The van der Waals surface area contributed by atoms with E-state index in [0.29, 0.717) is 23.2 Å². The van der Waals surface area contributed by atoms with Gasteiger partial charge in [0.15, 0.2) is 0 Å². The minimum atomic E-state index is -4.45. The van der Waals surface area contributed by atoms with Crippen molar-refractivity contribution in [3.63, 3.8) is 0 Å². The molecule has 1 saturated carbocycles. The summed E-state index contributed by atoms with van der Waals surface area (Å²) in [6.07, 6.45) is 0.0420. The molecule has 24 heavy (non-hydrogen) atoms. The highest BCUT2D eigenvalue weighted by atomic mass is 19.4. The van der Waals surface area contributed by atoms with Crippen molar-refractivity contribution in [1.82, 2.24) is 0 Å². The maximum absolute atomic E-state index is 13.7. The minimum Gasteiger partial charge on any atom is -0.382 e. The van der Waals surface area contributed by atoms with Crippen molar-refractivity contribution >= 4 is 22.7 Å². The maximum Gasteiger partial charge on any atom is 0.418 e. The monoisotopic (exact) mass is 335 g/mol. The first-order valence-electron chi connectivity index (χ1n) is 8.24. The van der Waals surface area contributed by atoms with Gasteiger partial charge in [-0.25, -0.2) is 0 Å². The van der Waals surface area contributed by atoms with Gasteiger partial charge in [0.05, 0.1) is 5.56 Å². The van der Waals surface area contributed by atoms with Gasteiger partial charge in [-0.2, -0.15) is 13.2 Å². The Bertz CT molecular complexity index is 746. The van der Waals surface area contributed by atoms with Crippen molar-refractivity contribution in [3.05, 3.63) is 41.5 Å². The van der Waals surface area contributed by atoms with Crippen LogP contribution in [0.3, 0.4) is 0 Å². The molecular formula is C19H20F3NO. The second-order valence-electron chi connectivity index (χ2n) is 6.69. The molecule has 1 aliphatic rings. The highest BCUT2D eigenvalue weighted by Crippen LogP contribution is 2.41. The van der Waals surface area contributed by atoms with E-state index >= 15 is 0 Å². The van der Waals surface area contributed by atoms with E-state index in [9.17, 15) is 18.0 Å². The van der Waals surface area contributed by atoms with E-state index in [1.807, 2.05) is 0 Å². The zero-order chi connectivity index (χ0) is 17.3. The molecule has 1 N–H and O–H groups in total. The highest BCUT2D eigenvalue weighted by Gasteiger charge is 2.36. The molecule has 5 heteroatoms. The number of nitrogens with one attached hydrogen (secondary N) is 1. The normalized spacial score (nSPS) is 21.7. The minimum absolute atomic E-state index is 0.0778. The third-order valence-corrected chi connectivity index (χ3v) is 4.84. The predicted molar refractivity (Wildman–Crippen MR) is 89.4 cm³/mol. The Labute approximate surface area is 139 Å². The van der Waals surface area contributed by atoms with Crippen LogP contribution in [0.15, 0.2) is 30.3 Å². The van der Waals surface area contributed by atoms with Crippen LogP contribution in [-0.4, -0.2) is 12.3 Å². The van der Waals surface area contributed by atoms with E-state index < -0.39 is 11.7 Å². The Kier molecular flexibility index (Phi) is 4.52. The van der Waals surface area contributed by atoms with Gasteiger partial charge in [0.2, 0.25) is 0 Å². The third kappa shape index (κ3) is 3.40. The molecule has 3 rings (SSSR count). The van der Waals surface area contributed by atoms with Gasteiger partial charge in [0, 0.05) is 17.3 Å². The first-order chi connectivity index (χ1) is 11.4. The van der Waals surface area contributed by atoms with Crippen LogP contribution in [0.25, 0.3) is 10.8 Å². The number of rotatable bonds is 3. The lowest BCUT2D eigenvalue weighted by Gasteiger charge is -2.29. The second kappa shape index (κ2) is 6.46. The van der Waals surface area contributed by atoms with E-state index in [1.165, 1.54) is 24.3 Å². The number of hydrogen-bond donors (Lipinski definition) is 1. The Morgan fingerprint density at radius 1 is 1.08 bits per heavy atom. The molecule has 0 spiro atoms. The van der Waals surface area contributed by atoms with E-state index in [0.717, 1.165) is 25.7 Å². The predicted octanol–water partition coefficient (Wildman–Crippen LogP) is 5.66. The Hall–Kier alpha value is -2.04. The van der Waals surface area contributed by atoms with Gasteiger partial charge >= 0.3 is 6.18 Å². The molecule has 0 heterocycles. The quantitative estimate of drug-likeness (QED) is 0.733. The zero-order valence-electron chi connectivity index (χ0n) is 13.5. The van der Waals surface area contributed by atoms with Gasteiger partial charge in [0.1, 0.15) is 6.29 Å². The highest BCUT2D eigenvalue weighted by molar-refractivity contribution is 5.94. The van der Waals surface area contributed by atoms with Crippen LogP contribution in [0.5, 0.6) is 0 Å². The summed E-state index contributed by atoms with van der Waals surface area (Å²) in [5, 5.41) is 3.66. The largest absolute Gasteiger partial charge is 0.418 e. The molecule has 0 radical (unpaired) electrons. The van der Waals surface area contributed by atoms with Gasteiger partial charge in [0.25, 0.3) is 0 Å². The molecule has 2 aromatic carbocycles. The topological polar surface area (TPSA) is 29.1 Å². The van der Waals surface area contributed by atoms with Gasteiger partial charge < -0.3 is 5.32 Å². The number of anilines is 1. The van der Waals surface area contributed by atoms with Crippen molar-refractivity contribution in [2.75, 3.05) is 5.32 Å². The van der Waals surface area contributed by atoms with E-state index in [4.69, 9.17) is 0 Å². The summed E-state index contributed by atoms with van der Waals surface area (Å²) in [4.78, 5) is 10.9. The molecule has 0 amide bonds. The number of aldehydes is 1. The molecule has 0 unspecified atom stereocenters. The molecule has 2 aromatic rings. The molecule has 0 aliphatic heterocycles. The molecule has 128 valence electrons. The molecular weight excluding hydrogens is 315 g/mol. The number of halogens is 3. The van der Waals surface area contributed by atoms with Gasteiger partial charge in [-0.05, 0) is 54.5 Å². The summed E-state index contributed by atoms with van der Waals surface area (Å²) in [6, 6.07) is 7.51. The molecule has 0 atom stereocenters. The molecule has 0 saturated heterocycles. The third-order valence-electron chi connectivity index (χ3n) is 4.84. The summed E-state index contributed by atoms with van der Waals surface area (Å²) >= 11 is 0. The SMILES string of the molecule is C[C@H]1CC[C@@H](Nc2ccc3cc(C=O)ccc3c2C(F)(F)F)CC1. The van der Waals surface area contributed by atoms with E-state index in [2.05, 4.69) is 12.2 Å². The number of alkyl halides is 3. The summed E-state index contributed by atoms with van der Waals surface area (Å²) in [5.74, 6) is 0.642. The van der Waals surface area contributed by atoms with Crippen LogP contribution < -0.4 is 5.32 Å². The average Bonchev–Trinajstić information content (AvgIpc) is 2.55. The van der Waals surface area contributed by atoms with Crippen LogP contribution in [0.2, 0.25) is 0 Å². The lowest BCUT2D eigenvalue weighted by atomic mass is 9.87. The van der Waals surface area contributed by atoms with E-state index in [-0.39, 0.29) is 17.1 Å². The van der Waals surface area contributed by atoms with Crippen molar-refractivity contribution in [3.8, 4) is 0 Å². The van der Waals surface area contributed by atoms with E-state index in [1.54, 1.807) is 6.07 Å². The smallest absolute Gasteiger partial charge is 0.382 e. The zero-order valence-corrected chi connectivity index (χ0v) is 13.5. The van der Waals surface area contributed by atoms with Crippen LogP contribution in [0.4, 0.5) is 18.9 Å². The Morgan fingerprint density at radius 2 is 1.79 bits per heavy atom. The van der Waals surface area contributed by atoms with Crippen molar-refractivity contribution in [2.45, 2.75) is 44.8 Å². The summed E-state index contributed by atoms with van der Waals surface area (Å²) in [7, 11) is 0. The van der Waals surface area contributed by atoms with Crippen LogP contribution in [-0.2, 0) is 6.18 Å². The van der Waals surface area contributed by atoms with Crippen LogP contribution in [0.1, 0.15) is 48.5 Å². The van der Waals surface area contributed by atoms with Crippen LogP contribution >= 0.6 is 0 Å². The molecule has 0 bridgehead atoms. The Balaban J connectivity index is 2.02. The molecule has 0 aromatic heterocycles. The number of benzene rings is 2. The van der Waals surface area contributed by atoms with Gasteiger partial charge in [-0.1, -0.05) is 25.1 Å². The van der Waals surface area contributed by atoms with Gasteiger partial charge in [-0.3, -0.25) is 4.79 Å². The standard InChI is InChI=1S/C19H20F3NO/c1-12-2-6-15(7-3-12)23-17-9-5-14-10-13(11-24)4-8-16(14)18(17)19(20,21)22/h4-5,8-12,15,23H,2-3,6-7H2,1H3/t12-,15+. The average molecular weight is 335 g/mol. The van der Waals surface area contributed by atoms with Crippen LogP contribution in [0, 0.1) is 5.92 Å². The summed E-state index contributed by atoms with van der Waals surface area (Å²) < 4.78 is 41.0. The number of carbonyl (C=O) groups excluding carboxylic acids is 1. The number of carbonyl (C=O) groups is 1. The Morgan fingerprint density at radius 3 is 2.42 bits per heavy atom. The second-order valence-corrected chi connectivity index (χ2v) is 6.69. The first kappa shape index (κ1) is 16.8.